The van der Waals surface area contributed by atoms with Gasteiger partial charge in [0.2, 0.25) is 11.8 Å². The van der Waals surface area contributed by atoms with E-state index in [1.54, 1.807) is 24.3 Å². The lowest BCUT2D eigenvalue weighted by atomic mass is 9.88. The molecule has 11 heteroatoms. The first-order valence-corrected chi connectivity index (χ1v) is 13.0. The monoisotopic (exact) mass is 522 g/mol. The van der Waals surface area contributed by atoms with Gasteiger partial charge >= 0.3 is 0 Å². The Kier molecular flexibility index (Phi) is 5.96. The van der Waals surface area contributed by atoms with Crippen molar-refractivity contribution in [2.75, 3.05) is 54.2 Å². The fourth-order valence-corrected chi connectivity index (χ4v) is 6.39. The summed E-state index contributed by atoms with van der Waals surface area (Å²) in [5, 5.41) is 14.9. The molecule has 4 heterocycles. The summed E-state index contributed by atoms with van der Waals surface area (Å²) >= 11 is 0. The number of rotatable bonds is 6. The zero-order valence-corrected chi connectivity index (χ0v) is 22.0. The lowest BCUT2D eigenvalue weighted by molar-refractivity contribution is 0.373. The van der Waals surface area contributed by atoms with Crippen LogP contribution in [0.5, 0.6) is 5.88 Å². The Balaban J connectivity index is 1.30. The van der Waals surface area contributed by atoms with Crippen molar-refractivity contribution in [3.05, 3.63) is 47.7 Å². The average Bonchev–Trinajstić information content (AvgIpc) is 3.30. The highest BCUT2D eigenvalue weighted by atomic mass is 19.2. The topological polar surface area (TPSA) is 91.3 Å². The molecular weight excluding hydrogens is 490 g/mol. The number of benzene rings is 1. The van der Waals surface area contributed by atoms with Crippen molar-refractivity contribution in [2.45, 2.75) is 38.1 Å². The molecule has 9 nitrogen and oxygen atoms in total. The summed E-state index contributed by atoms with van der Waals surface area (Å²) in [6.45, 7) is 6.35. The van der Waals surface area contributed by atoms with Crippen molar-refractivity contribution < 1.29 is 13.5 Å². The number of ether oxygens (including phenoxy) is 1. The predicted octanol–water partition coefficient (Wildman–Crippen LogP) is 4.35. The van der Waals surface area contributed by atoms with Gasteiger partial charge in [0.25, 0.3) is 0 Å². The van der Waals surface area contributed by atoms with E-state index in [0.29, 0.717) is 41.8 Å². The lowest BCUT2D eigenvalue weighted by Gasteiger charge is -2.39. The second-order valence-corrected chi connectivity index (χ2v) is 11.0. The van der Waals surface area contributed by atoms with Gasteiger partial charge in [0.15, 0.2) is 11.6 Å². The fourth-order valence-electron chi connectivity index (χ4n) is 6.39. The highest BCUT2D eigenvalue weighted by Crippen LogP contribution is 2.48. The van der Waals surface area contributed by atoms with E-state index < -0.39 is 11.6 Å². The van der Waals surface area contributed by atoms with E-state index in [2.05, 4.69) is 39.6 Å². The quantitative estimate of drug-likeness (QED) is 0.490. The van der Waals surface area contributed by atoms with Crippen LogP contribution in [0.4, 0.5) is 37.7 Å². The number of anilines is 5. The number of hydrogen-bond donors (Lipinski definition) is 2. The molecule has 2 aromatic heterocycles. The van der Waals surface area contributed by atoms with Gasteiger partial charge in [0.05, 0.1) is 24.7 Å². The van der Waals surface area contributed by atoms with Crippen LogP contribution in [-0.2, 0) is 5.41 Å². The molecule has 2 atom stereocenters. The Labute approximate surface area is 220 Å². The summed E-state index contributed by atoms with van der Waals surface area (Å²) in [6.07, 6.45) is 3.98. The maximum Gasteiger partial charge on any atom is 0.235 e. The summed E-state index contributed by atoms with van der Waals surface area (Å²) < 4.78 is 34.3. The largest absolute Gasteiger partial charge is 0.480 e. The average molecular weight is 523 g/mol. The van der Waals surface area contributed by atoms with Gasteiger partial charge in [-0.15, -0.1) is 5.10 Å². The van der Waals surface area contributed by atoms with Crippen LogP contribution in [0.3, 0.4) is 0 Å². The minimum atomic E-state index is -0.875. The molecular formula is C27H32F2N8O. The number of aromatic nitrogens is 4. The minimum absolute atomic E-state index is 0.179. The first-order valence-electron chi connectivity index (χ1n) is 13.0. The van der Waals surface area contributed by atoms with Gasteiger partial charge in [-0.1, -0.05) is 19.9 Å². The van der Waals surface area contributed by atoms with Crippen molar-refractivity contribution in [2.24, 2.45) is 11.8 Å². The highest BCUT2D eigenvalue weighted by molar-refractivity contribution is 5.76. The molecule has 6 rings (SSSR count). The molecule has 1 aliphatic carbocycles. The van der Waals surface area contributed by atoms with Crippen molar-refractivity contribution in [3.63, 3.8) is 0 Å². The van der Waals surface area contributed by atoms with Gasteiger partial charge in [-0.25, -0.2) is 8.78 Å². The molecule has 0 amide bonds. The van der Waals surface area contributed by atoms with Crippen LogP contribution in [0.15, 0.2) is 30.5 Å². The van der Waals surface area contributed by atoms with E-state index in [4.69, 9.17) is 14.7 Å². The third-order valence-electron chi connectivity index (χ3n) is 8.16. The van der Waals surface area contributed by atoms with Gasteiger partial charge in [0.1, 0.15) is 11.6 Å². The maximum absolute atomic E-state index is 14.9. The second kappa shape index (κ2) is 9.21. The zero-order chi connectivity index (χ0) is 26.6. The molecule has 1 aromatic carbocycles. The van der Waals surface area contributed by atoms with E-state index >= 15 is 0 Å². The van der Waals surface area contributed by atoms with Crippen LogP contribution in [0.2, 0.25) is 0 Å². The van der Waals surface area contributed by atoms with Crippen molar-refractivity contribution in [1.82, 2.24) is 20.2 Å². The normalized spacial score (nSPS) is 23.4. The number of hydrogen-bond acceptors (Lipinski definition) is 9. The Morgan fingerprint density at radius 3 is 2.58 bits per heavy atom. The fraction of sp³-hybridized carbons (Fsp3) is 0.481. The molecule has 2 aliphatic heterocycles. The molecule has 2 bridgehead atoms. The summed E-state index contributed by atoms with van der Waals surface area (Å²) in [7, 11) is 3.42. The van der Waals surface area contributed by atoms with E-state index in [1.807, 2.05) is 13.1 Å². The number of piperidine rings is 1. The van der Waals surface area contributed by atoms with E-state index in [9.17, 15) is 8.78 Å². The van der Waals surface area contributed by atoms with Crippen LogP contribution in [0, 0.1) is 23.5 Å². The molecule has 1 saturated carbocycles. The molecule has 2 fully saturated rings. The molecule has 1 saturated heterocycles. The maximum atomic E-state index is 14.9. The Hall–Kier alpha value is -3.76. The van der Waals surface area contributed by atoms with Crippen LogP contribution in [0.1, 0.15) is 32.3 Å². The van der Waals surface area contributed by atoms with Gasteiger partial charge < -0.3 is 25.2 Å². The number of nitrogens with one attached hydrogen (secondary N) is 2. The minimum Gasteiger partial charge on any atom is -0.480 e. The predicted molar refractivity (Wildman–Crippen MR) is 142 cm³/mol. The second-order valence-electron chi connectivity index (χ2n) is 11.0. The Morgan fingerprint density at radius 2 is 1.87 bits per heavy atom. The standard InChI is InChI=1S/C27H32F2N8O/c1-27(2)14-37(19-7-5-6-18(28)22(19)29)25-21(27)24(30-3)33-26(34-25)32-23-15-8-9-16(23)13-36(12-15)17-10-20(38-4)35-31-11-17/h5-7,10-11,15-16,23H,8-9,12-14H2,1-4H3,(H2,30,32,33,34). The number of fused-ring (bicyclic) bond motifs is 3. The Bertz CT molecular complexity index is 1350. The van der Waals surface area contributed by atoms with Gasteiger partial charge in [0, 0.05) is 49.8 Å². The smallest absolute Gasteiger partial charge is 0.235 e. The van der Waals surface area contributed by atoms with Crippen molar-refractivity contribution >= 4 is 29.0 Å². The summed E-state index contributed by atoms with van der Waals surface area (Å²) in [4.78, 5) is 13.9. The molecule has 2 unspecified atom stereocenters. The van der Waals surface area contributed by atoms with Gasteiger partial charge in [-0.05, 0) is 36.8 Å². The number of nitrogens with zero attached hydrogens (tertiary/aromatic N) is 6. The van der Waals surface area contributed by atoms with Crippen molar-refractivity contribution in [3.8, 4) is 5.88 Å². The van der Waals surface area contributed by atoms with Gasteiger partial charge in [-0.2, -0.15) is 15.1 Å². The molecule has 3 aliphatic rings. The van der Waals surface area contributed by atoms with E-state index in [1.165, 1.54) is 6.07 Å². The van der Waals surface area contributed by atoms with E-state index in [0.717, 1.165) is 43.2 Å². The SMILES string of the molecule is CNc1nc(NC2C3CCC2CN(c2cnnc(OC)c2)C3)nc2c1C(C)(C)CN2c1cccc(F)c1F. The van der Waals surface area contributed by atoms with Crippen molar-refractivity contribution in [1.29, 1.82) is 0 Å². The molecule has 2 N–H and O–H groups in total. The lowest BCUT2D eigenvalue weighted by Crippen LogP contribution is -2.48. The van der Waals surface area contributed by atoms with Crippen LogP contribution < -0.4 is 25.2 Å². The molecule has 38 heavy (non-hydrogen) atoms. The third kappa shape index (κ3) is 4.04. The van der Waals surface area contributed by atoms with Crippen LogP contribution in [0.25, 0.3) is 0 Å². The highest BCUT2D eigenvalue weighted by Gasteiger charge is 2.44. The van der Waals surface area contributed by atoms with Crippen LogP contribution in [-0.4, -0.2) is 60.0 Å². The summed E-state index contributed by atoms with van der Waals surface area (Å²) in [6, 6.07) is 6.38. The molecule has 0 radical (unpaired) electrons. The number of halogens is 2. The van der Waals surface area contributed by atoms with Gasteiger partial charge in [-0.3, -0.25) is 0 Å². The Morgan fingerprint density at radius 1 is 1.11 bits per heavy atom. The third-order valence-corrected chi connectivity index (χ3v) is 8.16. The van der Waals surface area contributed by atoms with E-state index in [-0.39, 0.29) is 17.1 Å². The molecule has 0 spiro atoms. The van der Waals surface area contributed by atoms with Crippen LogP contribution >= 0.6 is 0 Å². The molecule has 3 aromatic rings. The first kappa shape index (κ1) is 24.6. The summed E-state index contributed by atoms with van der Waals surface area (Å²) in [5.74, 6) is 1.34. The zero-order valence-electron chi connectivity index (χ0n) is 22.0. The molecule has 200 valence electrons. The number of methoxy groups -OCH3 is 1. The summed E-state index contributed by atoms with van der Waals surface area (Å²) in [5.41, 5.74) is 1.72. The first-order chi connectivity index (χ1) is 18.3.